The molecule has 0 saturated carbocycles. The fourth-order valence-corrected chi connectivity index (χ4v) is 3.95. The summed E-state index contributed by atoms with van der Waals surface area (Å²) >= 11 is 0. The van der Waals surface area contributed by atoms with E-state index in [0.29, 0.717) is 12.8 Å². The van der Waals surface area contributed by atoms with Crippen LogP contribution in [0.15, 0.2) is 53.4 Å². The average Bonchev–Trinajstić information content (AvgIpc) is 2.83. The summed E-state index contributed by atoms with van der Waals surface area (Å²) in [5, 5.41) is 10.6. The van der Waals surface area contributed by atoms with E-state index in [9.17, 15) is 13.5 Å². The number of hydrogen-bond acceptors (Lipinski definition) is 3. The van der Waals surface area contributed by atoms with Gasteiger partial charge in [0.1, 0.15) is 0 Å². The molecule has 0 fully saturated rings. The molecule has 0 aliphatic heterocycles. The number of nitrogens with one attached hydrogen (secondary N) is 1. The molecule has 116 valence electrons. The van der Waals surface area contributed by atoms with E-state index in [1.807, 2.05) is 31.2 Å². The van der Waals surface area contributed by atoms with Crippen LogP contribution < -0.4 is 4.72 Å². The third kappa shape index (κ3) is 3.06. The van der Waals surface area contributed by atoms with Crippen molar-refractivity contribution >= 4 is 10.0 Å². The van der Waals surface area contributed by atoms with Gasteiger partial charge in [0.05, 0.1) is 10.5 Å². The first kappa shape index (κ1) is 15.2. The van der Waals surface area contributed by atoms with E-state index < -0.39 is 15.6 Å². The number of sulfonamides is 1. The lowest BCUT2D eigenvalue weighted by atomic mass is 10.0. The molecule has 0 aromatic heterocycles. The molecule has 0 saturated heterocycles. The van der Waals surface area contributed by atoms with Gasteiger partial charge in [-0.2, -0.15) is 0 Å². The number of rotatable bonds is 4. The van der Waals surface area contributed by atoms with Crippen molar-refractivity contribution in [3.63, 3.8) is 0 Å². The van der Waals surface area contributed by atoms with Gasteiger partial charge in [-0.15, -0.1) is 0 Å². The van der Waals surface area contributed by atoms with Crippen molar-refractivity contribution in [3.8, 4) is 0 Å². The molecule has 0 amide bonds. The first-order valence-electron chi connectivity index (χ1n) is 7.24. The van der Waals surface area contributed by atoms with Crippen molar-refractivity contribution in [1.82, 2.24) is 4.72 Å². The molecule has 4 nitrogen and oxygen atoms in total. The summed E-state index contributed by atoms with van der Waals surface area (Å²) < 4.78 is 27.1. The minimum atomic E-state index is -3.60. The lowest BCUT2D eigenvalue weighted by Gasteiger charge is -2.22. The number of benzene rings is 2. The molecule has 2 N–H and O–H groups in total. The summed E-state index contributed by atoms with van der Waals surface area (Å²) in [4.78, 5) is 0.220. The molecule has 0 bridgehead atoms. The summed E-state index contributed by atoms with van der Waals surface area (Å²) in [6.45, 7) is 1.92. The predicted octanol–water partition coefficient (Wildman–Crippen LogP) is 1.80. The maximum Gasteiger partial charge on any atom is 0.240 e. The molecule has 0 spiro atoms. The SMILES string of the molecule is Cc1ccc(S(=O)(=O)NCC2(O)Cc3ccccc3C2)cc1. The number of aryl methyl sites for hydroxylation is 1. The van der Waals surface area contributed by atoms with E-state index >= 15 is 0 Å². The van der Waals surface area contributed by atoms with Gasteiger partial charge < -0.3 is 5.11 Å². The standard InChI is InChI=1S/C17H19NO3S/c1-13-6-8-16(9-7-13)22(20,21)18-12-17(19)10-14-4-2-3-5-15(14)11-17/h2-9,18-19H,10-12H2,1H3. The monoisotopic (exact) mass is 317 g/mol. The second-order valence-electron chi connectivity index (χ2n) is 5.98. The Kier molecular flexibility index (Phi) is 3.80. The fourth-order valence-electron chi connectivity index (χ4n) is 2.83. The summed E-state index contributed by atoms with van der Waals surface area (Å²) in [5.41, 5.74) is 2.12. The van der Waals surface area contributed by atoms with Crippen LogP contribution in [0.4, 0.5) is 0 Å². The zero-order valence-electron chi connectivity index (χ0n) is 12.4. The van der Waals surface area contributed by atoms with Crippen molar-refractivity contribution < 1.29 is 13.5 Å². The summed E-state index contributed by atoms with van der Waals surface area (Å²) in [7, 11) is -3.60. The fraction of sp³-hybridized carbons (Fsp3) is 0.294. The summed E-state index contributed by atoms with van der Waals surface area (Å²) in [6.07, 6.45) is 0.944. The molecule has 1 aliphatic carbocycles. The topological polar surface area (TPSA) is 66.4 Å². The van der Waals surface area contributed by atoms with Crippen LogP contribution in [-0.4, -0.2) is 25.7 Å². The molecule has 1 aliphatic rings. The summed E-state index contributed by atoms with van der Waals surface area (Å²) in [5.74, 6) is 0. The predicted molar refractivity (Wildman–Crippen MR) is 85.2 cm³/mol. The highest BCUT2D eigenvalue weighted by atomic mass is 32.2. The van der Waals surface area contributed by atoms with E-state index in [0.717, 1.165) is 16.7 Å². The molecule has 3 rings (SSSR count). The molecule has 5 heteroatoms. The first-order chi connectivity index (χ1) is 10.4. The van der Waals surface area contributed by atoms with Crippen molar-refractivity contribution in [1.29, 1.82) is 0 Å². The van der Waals surface area contributed by atoms with Gasteiger partial charge in [-0.1, -0.05) is 42.0 Å². The Balaban J connectivity index is 1.71. The Morgan fingerprint density at radius 2 is 1.59 bits per heavy atom. The average molecular weight is 317 g/mol. The van der Waals surface area contributed by atoms with E-state index in [4.69, 9.17) is 0 Å². The molecule has 0 radical (unpaired) electrons. The molecule has 0 unspecified atom stereocenters. The molecule has 2 aromatic rings. The van der Waals surface area contributed by atoms with Gasteiger partial charge >= 0.3 is 0 Å². The Bertz CT molecular complexity index is 757. The van der Waals surface area contributed by atoms with Crippen LogP contribution in [0.25, 0.3) is 0 Å². The highest BCUT2D eigenvalue weighted by molar-refractivity contribution is 7.89. The Labute approximate surface area is 130 Å². The Hall–Kier alpha value is -1.69. The highest BCUT2D eigenvalue weighted by Gasteiger charge is 2.36. The van der Waals surface area contributed by atoms with E-state index in [2.05, 4.69) is 4.72 Å². The maximum atomic E-state index is 12.3. The lowest BCUT2D eigenvalue weighted by molar-refractivity contribution is 0.0567. The number of fused-ring (bicyclic) bond motifs is 1. The van der Waals surface area contributed by atoms with Gasteiger partial charge in [-0.25, -0.2) is 13.1 Å². The minimum absolute atomic E-state index is 0.0118. The van der Waals surface area contributed by atoms with Crippen LogP contribution in [0, 0.1) is 6.92 Å². The zero-order chi connectivity index (χ0) is 15.8. The first-order valence-corrected chi connectivity index (χ1v) is 8.72. The quantitative estimate of drug-likeness (QED) is 0.904. The van der Waals surface area contributed by atoms with Crippen molar-refractivity contribution in [2.24, 2.45) is 0 Å². The van der Waals surface area contributed by atoms with Crippen molar-refractivity contribution in [3.05, 3.63) is 65.2 Å². The second kappa shape index (κ2) is 5.50. The van der Waals surface area contributed by atoms with E-state index in [1.54, 1.807) is 24.3 Å². The van der Waals surface area contributed by atoms with Crippen LogP contribution in [0.5, 0.6) is 0 Å². The normalized spacial score (nSPS) is 16.5. The molecule has 0 heterocycles. The second-order valence-corrected chi connectivity index (χ2v) is 7.75. The third-order valence-electron chi connectivity index (χ3n) is 4.08. The van der Waals surface area contributed by atoms with Gasteiger partial charge in [0, 0.05) is 19.4 Å². The number of aliphatic hydroxyl groups is 1. The molecular formula is C17H19NO3S. The van der Waals surface area contributed by atoms with Crippen LogP contribution in [0.3, 0.4) is 0 Å². The molecule has 22 heavy (non-hydrogen) atoms. The van der Waals surface area contributed by atoms with Gasteiger partial charge in [-0.3, -0.25) is 0 Å². The van der Waals surface area contributed by atoms with Crippen LogP contribution in [0.1, 0.15) is 16.7 Å². The van der Waals surface area contributed by atoms with Gasteiger partial charge in [-0.05, 0) is 30.2 Å². The van der Waals surface area contributed by atoms with Gasteiger partial charge in [0.25, 0.3) is 0 Å². The Morgan fingerprint density at radius 3 is 2.14 bits per heavy atom. The lowest BCUT2D eigenvalue weighted by Crippen LogP contribution is -2.43. The Morgan fingerprint density at radius 1 is 1.05 bits per heavy atom. The minimum Gasteiger partial charge on any atom is -0.388 e. The van der Waals surface area contributed by atoms with E-state index in [-0.39, 0.29) is 11.4 Å². The molecule has 2 aromatic carbocycles. The largest absolute Gasteiger partial charge is 0.388 e. The zero-order valence-corrected chi connectivity index (χ0v) is 13.2. The molecular weight excluding hydrogens is 298 g/mol. The number of hydrogen-bond donors (Lipinski definition) is 2. The highest BCUT2D eigenvalue weighted by Crippen LogP contribution is 2.29. The van der Waals surface area contributed by atoms with Gasteiger partial charge in [0.2, 0.25) is 10.0 Å². The smallest absolute Gasteiger partial charge is 0.240 e. The summed E-state index contributed by atoms with van der Waals surface area (Å²) in [6, 6.07) is 14.5. The van der Waals surface area contributed by atoms with Crippen molar-refractivity contribution in [2.45, 2.75) is 30.3 Å². The van der Waals surface area contributed by atoms with E-state index in [1.165, 1.54) is 0 Å². The van der Waals surface area contributed by atoms with Gasteiger partial charge in [0.15, 0.2) is 0 Å². The van der Waals surface area contributed by atoms with Crippen LogP contribution in [-0.2, 0) is 22.9 Å². The maximum absolute atomic E-state index is 12.3. The molecule has 0 atom stereocenters. The van der Waals surface area contributed by atoms with Crippen LogP contribution >= 0.6 is 0 Å². The van der Waals surface area contributed by atoms with Crippen LogP contribution in [0.2, 0.25) is 0 Å². The van der Waals surface area contributed by atoms with Crippen molar-refractivity contribution in [2.75, 3.05) is 6.54 Å². The third-order valence-corrected chi connectivity index (χ3v) is 5.50.